The van der Waals surface area contributed by atoms with Crippen LogP contribution in [-0.4, -0.2) is 28.7 Å². The van der Waals surface area contributed by atoms with Crippen molar-refractivity contribution >= 4 is 21.6 Å². The van der Waals surface area contributed by atoms with E-state index in [2.05, 4.69) is 9.57 Å². The Morgan fingerprint density at radius 3 is 2.50 bits per heavy atom. The van der Waals surface area contributed by atoms with Gasteiger partial charge in [0.25, 0.3) is 10.0 Å². The first-order valence-electron chi connectivity index (χ1n) is 5.18. The van der Waals surface area contributed by atoms with Gasteiger partial charge in [0.2, 0.25) is 0 Å². The van der Waals surface area contributed by atoms with E-state index in [-0.39, 0.29) is 13.2 Å². The van der Waals surface area contributed by atoms with E-state index in [0.29, 0.717) is 6.07 Å². The summed E-state index contributed by atoms with van der Waals surface area (Å²) in [5, 5.41) is -0.586. The number of halogens is 4. The van der Waals surface area contributed by atoms with Crippen LogP contribution in [0.5, 0.6) is 0 Å². The SMILES string of the molecule is COCCONS(=O)(=O)c1ccc(Cl)c(C(F)(F)F)c1. The van der Waals surface area contributed by atoms with Crippen LogP contribution in [0.15, 0.2) is 23.1 Å². The highest BCUT2D eigenvalue weighted by molar-refractivity contribution is 7.89. The van der Waals surface area contributed by atoms with Crippen LogP contribution in [0.2, 0.25) is 5.02 Å². The summed E-state index contributed by atoms with van der Waals surface area (Å²) >= 11 is 5.39. The average molecular weight is 334 g/mol. The third kappa shape index (κ3) is 4.60. The van der Waals surface area contributed by atoms with Gasteiger partial charge in [-0.05, 0) is 18.2 Å². The highest BCUT2D eigenvalue weighted by atomic mass is 35.5. The minimum Gasteiger partial charge on any atom is -0.382 e. The van der Waals surface area contributed by atoms with Crippen molar-refractivity contribution in [2.45, 2.75) is 11.1 Å². The number of rotatable bonds is 6. The van der Waals surface area contributed by atoms with Crippen molar-refractivity contribution < 1.29 is 31.2 Å². The fraction of sp³-hybridized carbons (Fsp3) is 0.400. The second kappa shape index (κ2) is 6.72. The van der Waals surface area contributed by atoms with Gasteiger partial charge in [0.15, 0.2) is 0 Å². The Kier molecular flexibility index (Phi) is 5.78. The molecule has 0 spiro atoms. The largest absolute Gasteiger partial charge is 0.417 e. The number of methoxy groups -OCH3 is 1. The first-order valence-corrected chi connectivity index (χ1v) is 7.04. The predicted octanol–water partition coefficient (Wildman–Crippen LogP) is 2.22. The molecule has 1 aromatic rings. The van der Waals surface area contributed by atoms with Gasteiger partial charge >= 0.3 is 6.18 Å². The summed E-state index contributed by atoms with van der Waals surface area (Å²) in [6.07, 6.45) is -4.75. The van der Waals surface area contributed by atoms with E-state index in [1.807, 2.05) is 0 Å². The Labute approximate surface area is 118 Å². The normalized spacial score (nSPS) is 12.7. The fourth-order valence-corrected chi connectivity index (χ4v) is 2.26. The summed E-state index contributed by atoms with van der Waals surface area (Å²) in [5.74, 6) is 0. The molecule has 0 unspecified atom stereocenters. The molecule has 0 heterocycles. The number of nitrogens with one attached hydrogen (secondary N) is 1. The summed E-state index contributed by atoms with van der Waals surface area (Å²) < 4.78 is 65.9. The number of alkyl halides is 3. The van der Waals surface area contributed by atoms with E-state index >= 15 is 0 Å². The molecular formula is C10H11ClF3NO4S. The molecule has 0 aliphatic carbocycles. The lowest BCUT2D eigenvalue weighted by atomic mass is 10.2. The van der Waals surface area contributed by atoms with Crippen LogP contribution < -0.4 is 4.89 Å². The van der Waals surface area contributed by atoms with Gasteiger partial charge < -0.3 is 4.74 Å². The van der Waals surface area contributed by atoms with Crippen LogP contribution in [-0.2, 0) is 25.8 Å². The third-order valence-electron chi connectivity index (χ3n) is 2.11. The number of ether oxygens (including phenoxy) is 1. The molecule has 0 saturated heterocycles. The average Bonchev–Trinajstić information content (AvgIpc) is 2.33. The van der Waals surface area contributed by atoms with E-state index in [0.717, 1.165) is 12.1 Å². The molecule has 10 heteroatoms. The summed E-state index contributed by atoms with van der Waals surface area (Å²) in [6.45, 7) is 0.0341. The summed E-state index contributed by atoms with van der Waals surface area (Å²) in [5.41, 5.74) is -1.24. The van der Waals surface area contributed by atoms with Gasteiger partial charge in [0, 0.05) is 7.11 Å². The van der Waals surface area contributed by atoms with Crippen LogP contribution >= 0.6 is 11.6 Å². The summed E-state index contributed by atoms with van der Waals surface area (Å²) in [4.78, 5) is 5.66. The number of sulfonamides is 1. The van der Waals surface area contributed by atoms with E-state index < -0.39 is 31.7 Å². The third-order valence-corrected chi connectivity index (χ3v) is 3.65. The van der Waals surface area contributed by atoms with Gasteiger partial charge in [0.05, 0.1) is 28.7 Å². The van der Waals surface area contributed by atoms with Crippen LogP contribution in [0.25, 0.3) is 0 Å². The highest BCUT2D eigenvalue weighted by Crippen LogP contribution is 2.35. The monoisotopic (exact) mass is 333 g/mol. The van der Waals surface area contributed by atoms with Crippen LogP contribution in [0, 0.1) is 0 Å². The van der Waals surface area contributed by atoms with Crippen molar-refractivity contribution in [3.05, 3.63) is 28.8 Å². The quantitative estimate of drug-likeness (QED) is 0.640. The highest BCUT2D eigenvalue weighted by Gasteiger charge is 2.34. The molecule has 0 bridgehead atoms. The number of benzene rings is 1. The zero-order chi connectivity index (χ0) is 15.4. The molecule has 5 nitrogen and oxygen atoms in total. The molecular weight excluding hydrogens is 323 g/mol. The van der Waals surface area contributed by atoms with E-state index in [1.54, 1.807) is 4.89 Å². The van der Waals surface area contributed by atoms with Crippen molar-refractivity contribution in [3.63, 3.8) is 0 Å². The van der Waals surface area contributed by atoms with E-state index in [9.17, 15) is 21.6 Å². The molecule has 0 amide bonds. The topological polar surface area (TPSA) is 64.6 Å². The Morgan fingerprint density at radius 1 is 1.30 bits per heavy atom. The van der Waals surface area contributed by atoms with Crippen molar-refractivity contribution in [1.82, 2.24) is 4.89 Å². The lowest BCUT2D eigenvalue weighted by molar-refractivity contribution is -0.137. The van der Waals surface area contributed by atoms with E-state index in [1.165, 1.54) is 7.11 Å². The maximum absolute atomic E-state index is 12.6. The predicted molar refractivity (Wildman–Crippen MR) is 64.6 cm³/mol. The first-order chi connectivity index (χ1) is 9.18. The fourth-order valence-electron chi connectivity index (χ4n) is 1.18. The van der Waals surface area contributed by atoms with Crippen LogP contribution in [0.4, 0.5) is 13.2 Å². The summed E-state index contributed by atoms with van der Waals surface area (Å²) in [7, 11) is -2.85. The minimum absolute atomic E-state index is 0.0878. The van der Waals surface area contributed by atoms with Gasteiger partial charge in [-0.2, -0.15) is 13.2 Å². The maximum atomic E-state index is 12.6. The van der Waals surface area contributed by atoms with Crippen molar-refractivity contribution in [2.75, 3.05) is 20.3 Å². The molecule has 114 valence electrons. The Bertz CT molecular complexity index is 562. The first kappa shape index (κ1) is 17.2. The van der Waals surface area contributed by atoms with E-state index in [4.69, 9.17) is 11.6 Å². The zero-order valence-electron chi connectivity index (χ0n) is 10.2. The Morgan fingerprint density at radius 2 is 1.95 bits per heavy atom. The maximum Gasteiger partial charge on any atom is 0.417 e. The minimum atomic E-state index is -4.75. The zero-order valence-corrected chi connectivity index (χ0v) is 11.8. The Balaban J connectivity index is 2.96. The molecule has 0 aliphatic heterocycles. The van der Waals surface area contributed by atoms with Gasteiger partial charge in [-0.25, -0.2) is 8.42 Å². The lowest BCUT2D eigenvalue weighted by Gasteiger charge is -2.11. The van der Waals surface area contributed by atoms with Gasteiger partial charge in [-0.3, -0.25) is 4.84 Å². The molecule has 0 aliphatic rings. The van der Waals surface area contributed by atoms with Crippen LogP contribution in [0.3, 0.4) is 0 Å². The smallest absolute Gasteiger partial charge is 0.382 e. The Hall–Kier alpha value is -0.870. The molecule has 1 N–H and O–H groups in total. The molecule has 1 aromatic carbocycles. The van der Waals surface area contributed by atoms with Crippen molar-refractivity contribution in [2.24, 2.45) is 0 Å². The molecule has 0 fully saturated rings. The number of hydrogen-bond donors (Lipinski definition) is 1. The molecule has 20 heavy (non-hydrogen) atoms. The van der Waals surface area contributed by atoms with Crippen molar-refractivity contribution in [3.8, 4) is 0 Å². The summed E-state index contributed by atoms with van der Waals surface area (Å²) in [6, 6.07) is 2.23. The second-order valence-corrected chi connectivity index (χ2v) is 5.62. The molecule has 0 aromatic heterocycles. The van der Waals surface area contributed by atoms with Gasteiger partial charge in [-0.1, -0.05) is 16.5 Å². The van der Waals surface area contributed by atoms with Gasteiger partial charge in [0.1, 0.15) is 0 Å². The molecule has 0 atom stereocenters. The molecule has 0 saturated carbocycles. The standard InChI is InChI=1S/C10H11ClF3NO4S/c1-18-4-5-19-15-20(16,17)7-2-3-9(11)8(6-7)10(12,13)14/h2-3,6,15H,4-5H2,1H3. The second-order valence-electron chi connectivity index (χ2n) is 3.57. The number of hydrogen-bond acceptors (Lipinski definition) is 4. The molecule has 0 radical (unpaired) electrons. The van der Waals surface area contributed by atoms with Gasteiger partial charge in [-0.15, -0.1) is 0 Å². The van der Waals surface area contributed by atoms with Crippen molar-refractivity contribution in [1.29, 1.82) is 0 Å². The van der Waals surface area contributed by atoms with Crippen LogP contribution in [0.1, 0.15) is 5.56 Å². The lowest BCUT2D eigenvalue weighted by Crippen LogP contribution is -2.26. The molecule has 1 rings (SSSR count).